The maximum absolute atomic E-state index is 5.36. The highest BCUT2D eigenvalue weighted by atomic mass is 16.6. The summed E-state index contributed by atoms with van der Waals surface area (Å²) in [6.07, 6.45) is 0. The van der Waals surface area contributed by atoms with Gasteiger partial charge >= 0.3 is 0 Å². The van der Waals surface area contributed by atoms with Gasteiger partial charge < -0.3 is 14.8 Å². The first-order valence-electron chi connectivity index (χ1n) is 4.17. The third-order valence-corrected chi connectivity index (χ3v) is 1.72. The molecule has 1 aliphatic rings. The maximum Gasteiger partial charge on any atom is 0.276 e. The van der Waals surface area contributed by atoms with Crippen molar-refractivity contribution in [2.75, 3.05) is 20.3 Å². The van der Waals surface area contributed by atoms with Gasteiger partial charge in [-0.3, -0.25) is 0 Å². The molecule has 0 saturated carbocycles. The van der Waals surface area contributed by atoms with Gasteiger partial charge in [0.15, 0.2) is 5.75 Å². The highest BCUT2D eigenvalue weighted by Gasteiger charge is 2.13. The van der Waals surface area contributed by atoms with E-state index in [4.69, 9.17) is 9.47 Å². The number of hydrogen-bond donors (Lipinski definition) is 1. The van der Waals surface area contributed by atoms with Crippen LogP contribution >= 0.6 is 0 Å². The standard InChI is InChI=1S/C8H11N3O2/c1-9-5-6-4-7-8(11-10-6)13-3-2-12-7/h4,9H,2-3,5H2,1H3. The second-order valence-electron chi connectivity index (χ2n) is 2.73. The molecule has 0 atom stereocenters. The fraction of sp³-hybridized carbons (Fsp3) is 0.500. The fourth-order valence-corrected chi connectivity index (χ4v) is 1.16. The van der Waals surface area contributed by atoms with Crippen molar-refractivity contribution in [3.63, 3.8) is 0 Å². The predicted molar refractivity (Wildman–Crippen MR) is 45.8 cm³/mol. The van der Waals surface area contributed by atoms with Crippen LogP contribution in [0, 0.1) is 0 Å². The average Bonchev–Trinajstić information content (AvgIpc) is 2.18. The highest BCUT2D eigenvalue weighted by molar-refractivity contribution is 5.34. The summed E-state index contributed by atoms with van der Waals surface area (Å²) in [7, 11) is 1.86. The van der Waals surface area contributed by atoms with Gasteiger partial charge in [0.05, 0.1) is 5.69 Å². The van der Waals surface area contributed by atoms with Crippen molar-refractivity contribution in [1.29, 1.82) is 0 Å². The molecule has 0 fully saturated rings. The van der Waals surface area contributed by atoms with E-state index >= 15 is 0 Å². The summed E-state index contributed by atoms with van der Waals surface area (Å²) >= 11 is 0. The quantitative estimate of drug-likeness (QED) is 0.694. The lowest BCUT2D eigenvalue weighted by Gasteiger charge is -2.16. The molecule has 13 heavy (non-hydrogen) atoms. The third-order valence-electron chi connectivity index (χ3n) is 1.72. The minimum absolute atomic E-state index is 0.492. The Morgan fingerprint density at radius 3 is 3.08 bits per heavy atom. The average molecular weight is 181 g/mol. The van der Waals surface area contributed by atoms with E-state index in [1.54, 1.807) is 0 Å². The zero-order valence-corrected chi connectivity index (χ0v) is 7.41. The summed E-state index contributed by atoms with van der Waals surface area (Å²) in [6.45, 7) is 1.81. The number of nitrogens with one attached hydrogen (secondary N) is 1. The van der Waals surface area contributed by atoms with Crippen LogP contribution in [0.15, 0.2) is 6.07 Å². The number of rotatable bonds is 2. The normalized spacial score (nSPS) is 14.2. The summed E-state index contributed by atoms with van der Waals surface area (Å²) in [6, 6.07) is 1.85. The van der Waals surface area contributed by atoms with Crippen molar-refractivity contribution in [3.05, 3.63) is 11.8 Å². The first-order valence-corrected chi connectivity index (χ1v) is 4.17. The van der Waals surface area contributed by atoms with Crippen LogP contribution < -0.4 is 14.8 Å². The van der Waals surface area contributed by atoms with Gasteiger partial charge in [-0.05, 0) is 7.05 Å². The zero-order valence-electron chi connectivity index (χ0n) is 7.41. The summed E-state index contributed by atoms with van der Waals surface area (Å²) < 4.78 is 10.6. The van der Waals surface area contributed by atoms with E-state index in [1.807, 2.05) is 13.1 Å². The highest BCUT2D eigenvalue weighted by Crippen LogP contribution is 2.26. The Balaban J connectivity index is 2.24. The zero-order chi connectivity index (χ0) is 9.10. The topological polar surface area (TPSA) is 56.3 Å². The number of aromatic nitrogens is 2. The lowest BCUT2D eigenvalue weighted by atomic mass is 10.3. The van der Waals surface area contributed by atoms with E-state index < -0.39 is 0 Å². The third kappa shape index (κ3) is 1.70. The van der Waals surface area contributed by atoms with Crippen molar-refractivity contribution in [3.8, 4) is 11.6 Å². The van der Waals surface area contributed by atoms with Gasteiger partial charge in [0.2, 0.25) is 0 Å². The van der Waals surface area contributed by atoms with Gasteiger partial charge in [-0.2, -0.15) is 5.10 Å². The first-order chi connectivity index (χ1) is 6.40. The van der Waals surface area contributed by atoms with E-state index in [-0.39, 0.29) is 0 Å². The smallest absolute Gasteiger partial charge is 0.276 e. The molecule has 1 aromatic heterocycles. The molecule has 5 heteroatoms. The Hall–Kier alpha value is -1.36. The van der Waals surface area contributed by atoms with E-state index in [0.29, 0.717) is 31.4 Å². The predicted octanol–water partition coefficient (Wildman–Crippen LogP) is -0.0328. The number of ether oxygens (including phenoxy) is 2. The Labute approximate surface area is 76.1 Å². The molecule has 0 spiro atoms. The van der Waals surface area contributed by atoms with Crippen LogP contribution in [0.1, 0.15) is 5.69 Å². The van der Waals surface area contributed by atoms with Crippen LogP contribution in [0.5, 0.6) is 11.6 Å². The second kappa shape index (κ2) is 3.57. The second-order valence-corrected chi connectivity index (χ2v) is 2.73. The number of nitrogens with zero attached hydrogens (tertiary/aromatic N) is 2. The molecule has 5 nitrogen and oxygen atoms in total. The summed E-state index contributed by atoms with van der Waals surface area (Å²) in [5.74, 6) is 1.18. The number of fused-ring (bicyclic) bond motifs is 1. The molecule has 1 N–H and O–H groups in total. The Morgan fingerprint density at radius 2 is 2.23 bits per heavy atom. The Kier molecular flexibility index (Phi) is 2.27. The van der Waals surface area contributed by atoms with Crippen molar-refractivity contribution in [2.24, 2.45) is 0 Å². The molecule has 0 saturated heterocycles. The molecule has 0 aromatic carbocycles. The molecule has 1 aromatic rings. The lowest BCUT2D eigenvalue weighted by Crippen LogP contribution is -2.18. The molecule has 0 aliphatic carbocycles. The SMILES string of the molecule is CNCc1cc2c(nn1)OCCO2. The van der Waals surface area contributed by atoms with Crippen LogP contribution in [0.25, 0.3) is 0 Å². The minimum Gasteiger partial charge on any atom is -0.484 e. The largest absolute Gasteiger partial charge is 0.484 e. The van der Waals surface area contributed by atoms with E-state index in [0.717, 1.165) is 5.69 Å². The summed E-state index contributed by atoms with van der Waals surface area (Å²) in [5, 5.41) is 10.9. The van der Waals surface area contributed by atoms with E-state index in [2.05, 4.69) is 15.5 Å². The lowest BCUT2D eigenvalue weighted by molar-refractivity contribution is 0.162. The fourth-order valence-electron chi connectivity index (χ4n) is 1.16. The molecule has 1 aliphatic heterocycles. The van der Waals surface area contributed by atoms with Crippen molar-refractivity contribution in [1.82, 2.24) is 15.5 Å². The molecule has 0 unspecified atom stereocenters. The van der Waals surface area contributed by atoms with E-state index in [9.17, 15) is 0 Å². The van der Waals surface area contributed by atoms with Crippen LogP contribution in [-0.4, -0.2) is 30.5 Å². The molecular formula is C8H11N3O2. The number of hydrogen-bond acceptors (Lipinski definition) is 5. The van der Waals surface area contributed by atoms with Crippen molar-refractivity contribution >= 4 is 0 Å². The monoisotopic (exact) mass is 181 g/mol. The minimum atomic E-state index is 0.492. The molecule has 0 radical (unpaired) electrons. The van der Waals surface area contributed by atoms with Gasteiger partial charge in [-0.1, -0.05) is 0 Å². The van der Waals surface area contributed by atoms with Gasteiger partial charge in [-0.15, -0.1) is 5.10 Å². The molecule has 2 rings (SSSR count). The maximum atomic E-state index is 5.36. The summed E-state index contributed by atoms with van der Waals surface area (Å²) in [4.78, 5) is 0. The van der Waals surface area contributed by atoms with Crippen molar-refractivity contribution < 1.29 is 9.47 Å². The molecule has 0 amide bonds. The van der Waals surface area contributed by atoms with Gasteiger partial charge in [-0.25, -0.2) is 0 Å². The van der Waals surface area contributed by atoms with Gasteiger partial charge in [0, 0.05) is 12.6 Å². The molecular weight excluding hydrogens is 170 g/mol. The van der Waals surface area contributed by atoms with E-state index in [1.165, 1.54) is 0 Å². The summed E-state index contributed by atoms with van der Waals surface area (Å²) in [5.41, 5.74) is 0.853. The van der Waals surface area contributed by atoms with Crippen LogP contribution in [-0.2, 0) is 6.54 Å². The van der Waals surface area contributed by atoms with Crippen LogP contribution in [0.2, 0.25) is 0 Å². The van der Waals surface area contributed by atoms with Gasteiger partial charge in [0.25, 0.3) is 5.88 Å². The molecule has 70 valence electrons. The van der Waals surface area contributed by atoms with Gasteiger partial charge in [0.1, 0.15) is 13.2 Å². The molecule has 0 bridgehead atoms. The molecule has 2 heterocycles. The van der Waals surface area contributed by atoms with Crippen LogP contribution in [0.4, 0.5) is 0 Å². The van der Waals surface area contributed by atoms with Crippen molar-refractivity contribution in [2.45, 2.75) is 6.54 Å². The first kappa shape index (κ1) is 8.25. The Morgan fingerprint density at radius 1 is 1.38 bits per heavy atom. The van der Waals surface area contributed by atoms with Crippen LogP contribution in [0.3, 0.4) is 0 Å². The Bertz CT molecular complexity index is 303.